The summed E-state index contributed by atoms with van der Waals surface area (Å²) in [6.45, 7) is 3.67. The predicted molar refractivity (Wildman–Crippen MR) is 108 cm³/mol. The number of methoxy groups -OCH3 is 1. The van der Waals surface area contributed by atoms with Crippen LogP contribution in [0.4, 0.5) is 5.69 Å². The Morgan fingerprint density at radius 2 is 1.83 bits per heavy atom. The van der Waals surface area contributed by atoms with Crippen LogP contribution in [0.2, 0.25) is 0 Å². The molecule has 0 bridgehead atoms. The highest BCUT2D eigenvalue weighted by molar-refractivity contribution is 5.92. The third kappa shape index (κ3) is 4.93. The summed E-state index contributed by atoms with van der Waals surface area (Å²) in [6.07, 6.45) is 0.741. The van der Waals surface area contributed by atoms with E-state index in [1.807, 2.05) is 50.2 Å². The predicted octanol–water partition coefficient (Wildman–Crippen LogP) is 3.31. The molecule has 3 rings (SSSR count). The average Bonchev–Trinajstić information content (AvgIpc) is 2.72. The number of ether oxygens (including phenoxy) is 2. The molecular weight excluding hydrogens is 372 g/mol. The first-order chi connectivity index (χ1) is 13.9. The molecular formula is C22H26N2O5. The molecule has 2 unspecified atom stereocenters. The Morgan fingerprint density at radius 3 is 2.52 bits per heavy atom. The van der Waals surface area contributed by atoms with Gasteiger partial charge < -0.3 is 14.8 Å². The molecule has 0 heterocycles. The Bertz CT molecular complexity index is 897. The molecule has 0 saturated heterocycles. The monoisotopic (exact) mass is 398 g/mol. The number of carbonyl (C=O) groups is 2. The highest BCUT2D eigenvalue weighted by Crippen LogP contribution is 2.32. The summed E-state index contributed by atoms with van der Waals surface area (Å²) < 4.78 is 11.4. The summed E-state index contributed by atoms with van der Waals surface area (Å²) in [5.74, 6) is 0.138. The molecule has 29 heavy (non-hydrogen) atoms. The van der Waals surface area contributed by atoms with Gasteiger partial charge in [0.25, 0.3) is 0 Å². The van der Waals surface area contributed by atoms with E-state index in [2.05, 4.69) is 5.32 Å². The van der Waals surface area contributed by atoms with E-state index in [1.54, 1.807) is 18.7 Å². The smallest absolute Gasteiger partial charge is 0.249 e. The first kappa shape index (κ1) is 20.8. The van der Waals surface area contributed by atoms with Gasteiger partial charge in [0.1, 0.15) is 11.5 Å². The molecule has 1 aliphatic rings. The van der Waals surface area contributed by atoms with Crippen molar-refractivity contribution in [2.45, 2.75) is 32.8 Å². The van der Waals surface area contributed by atoms with Gasteiger partial charge in [-0.3, -0.25) is 14.8 Å². The zero-order chi connectivity index (χ0) is 21.0. The summed E-state index contributed by atoms with van der Waals surface area (Å²) >= 11 is 0. The standard InChI is InChI=1S/C22H26N2O5/c1-13(2)21(25)23-16-5-4-6-17(12-16)29-18-8-7-14-11-20(28-3)19(22(26)24-27)10-15(14)9-18/h4-9,12-13,19-20,27H,10-11H2,1-3H3,(H,23,25)(H,24,26). The zero-order valence-corrected chi connectivity index (χ0v) is 16.8. The van der Waals surface area contributed by atoms with Gasteiger partial charge in [-0.15, -0.1) is 0 Å². The number of nitrogens with one attached hydrogen (secondary N) is 2. The van der Waals surface area contributed by atoms with Crippen molar-refractivity contribution < 1.29 is 24.3 Å². The lowest BCUT2D eigenvalue weighted by Crippen LogP contribution is -2.42. The van der Waals surface area contributed by atoms with Crippen LogP contribution in [0.1, 0.15) is 25.0 Å². The van der Waals surface area contributed by atoms with Gasteiger partial charge in [0, 0.05) is 24.8 Å². The van der Waals surface area contributed by atoms with Gasteiger partial charge in [-0.05, 0) is 48.2 Å². The van der Waals surface area contributed by atoms with E-state index in [1.165, 1.54) is 0 Å². The van der Waals surface area contributed by atoms with Crippen LogP contribution in [-0.2, 0) is 27.2 Å². The number of amides is 2. The molecule has 0 saturated carbocycles. The molecule has 2 aromatic rings. The van der Waals surface area contributed by atoms with Crippen molar-refractivity contribution in [1.82, 2.24) is 5.48 Å². The summed E-state index contributed by atoms with van der Waals surface area (Å²) in [5, 5.41) is 11.9. The average molecular weight is 398 g/mol. The van der Waals surface area contributed by atoms with Gasteiger partial charge in [-0.1, -0.05) is 26.0 Å². The SMILES string of the molecule is COC1Cc2ccc(Oc3cccc(NC(=O)C(C)C)c3)cc2CC1C(=O)NO. The van der Waals surface area contributed by atoms with E-state index >= 15 is 0 Å². The molecule has 154 valence electrons. The molecule has 2 atom stereocenters. The Morgan fingerprint density at radius 1 is 1.07 bits per heavy atom. The Balaban J connectivity index is 1.77. The number of anilines is 1. The number of fused-ring (bicyclic) bond motifs is 1. The van der Waals surface area contributed by atoms with Gasteiger partial charge in [0.05, 0.1) is 12.0 Å². The molecule has 1 aliphatic carbocycles. The van der Waals surface area contributed by atoms with Crippen molar-refractivity contribution in [3.05, 3.63) is 53.6 Å². The maximum atomic E-state index is 12.0. The number of hydrogen-bond acceptors (Lipinski definition) is 5. The second-order valence-corrected chi connectivity index (χ2v) is 7.47. The number of carbonyl (C=O) groups excluding carboxylic acids is 2. The lowest BCUT2D eigenvalue weighted by Gasteiger charge is -2.30. The van der Waals surface area contributed by atoms with Crippen LogP contribution in [0, 0.1) is 11.8 Å². The fourth-order valence-corrected chi connectivity index (χ4v) is 3.43. The minimum atomic E-state index is -0.470. The van der Waals surface area contributed by atoms with Crippen LogP contribution in [0.15, 0.2) is 42.5 Å². The third-order valence-electron chi connectivity index (χ3n) is 5.10. The second kappa shape index (κ2) is 9.07. The van der Waals surface area contributed by atoms with Crippen molar-refractivity contribution in [2.75, 3.05) is 12.4 Å². The summed E-state index contributed by atoms with van der Waals surface area (Å²) in [5.41, 5.74) is 4.46. The van der Waals surface area contributed by atoms with Crippen molar-refractivity contribution in [1.29, 1.82) is 0 Å². The Kier molecular flexibility index (Phi) is 6.51. The maximum Gasteiger partial charge on any atom is 0.249 e. The molecule has 0 aromatic heterocycles. The van der Waals surface area contributed by atoms with E-state index < -0.39 is 11.8 Å². The van der Waals surface area contributed by atoms with Crippen molar-refractivity contribution in [2.24, 2.45) is 11.8 Å². The summed E-state index contributed by atoms with van der Waals surface area (Å²) in [4.78, 5) is 23.9. The van der Waals surface area contributed by atoms with Gasteiger partial charge in [0.2, 0.25) is 11.8 Å². The van der Waals surface area contributed by atoms with Gasteiger partial charge in [-0.25, -0.2) is 5.48 Å². The second-order valence-electron chi connectivity index (χ2n) is 7.47. The van der Waals surface area contributed by atoms with Crippen LogP contribution in [-0.4, -0.2) is 30.2 Å². The van der Waals surface area contributed by atoms with Gasteiger partial charge >= 0.3 is 0 Å². The van der Waals surface area contributed by atoms with Crippen LogP contribution >= 0.6 is 0 Å². The molecule has 0 aliphatic heterocycles. The highest BCUT2D eigenvalue weighted by Gasteiger charge is 2.33. The molecule has 3 N–H and O–H groups in total. The molecule has 2 aromatic carbocycles. The topological polar surface area (TPSA) is 96.9 Å². The van der Waals surface area contributed by atoms with E-state index in [0.29, 0.717) is 30.0 Å². The van der Waals surface area contributed by atoms with Crippen LogP contribution < -0.4 is 15.5 Å². The van der Waals surface area contributed by atoms with E-state index in [9.17, 15) is 9.59 Å². The zero-order valence-electron chi connectivity index (χ0n) is 16.8. The largest absolute Gasteiger partial charge is 0.457 e. The molecule has 0 fully saturated rings. The molecule has 0 radical (unpaired) electrons. The summed E-state index contributed by atoms with van der Waals surface area (Å²) in [6, 6.07) is 12.9. The van der Waals surface area contributed by atoms with Crippen LogP contribution in [0.25, 0.3) is 0 Å². The van der Waals surface area contributed by atoms with E-state index in [-0.39, 0.29) is 17.9 Å². The van der Waals surface area contributed by atoms with Crippen LogP contribution in [0.5, 0.6) is 11.5 Å². The van der Waals surface area contributed by atoms with Crippen molar-refractivity contribution >= 4 is 17.5 Å². The van der Waals surface area contributed by atoms with Crippen LogP contribution in [0.3, 0.4) is 0 Å². The lowest BCUT2D eigenvalue weighted by atomic mass is 9.81. The normalized spacial score (nSPS) is 18.1. The molecule has 7 heteroatoms. The highest BCUT2D eigenvalue weighted by atomic mass is 16.5. The minimum Gasteiger partial charge on any atom is -0.457 e. The first-order valence-electron chi connectivity index (χ1n) is 9.58. The fraction of sp³-hybridized carbons (Fsp3) is 0.364. The Labute approximate surface area is 170 Å². The van der Waals surface area contributed by atoms with Crippen molar-refractivity contribution in [3.63, 3.8) is 0 Å². The minimum absolute atomic E-state index is 0.0585. The summed E-state index contributed by atoms with van der Waals surface area (Å²) in [7, 11) is 1.57. The Hall–Kier alpha value is -2.90. The molecule has 0 spiro atoms. The third-order valence-corrected chi connectivity index (χ3v) is 5.10. The van der Waals surface area contributed by atoms with Crippen molar-refractivity contribution in [3.8, 4) is 11.5 Å². The fourth-order valence-electron chi connectivity index (χ4n) is 3.43. The van der Waals surface area contributed by atoms with E-state index in [4.69, 9.17) is 14.7 Å². The van der Waals surface area contributed by atoms with E-state index in [0.717, 1.165) is 11.1 Å². The quantitative estimate of drug-likeness (QED) is 0.512. The molecule has 7 nitrogen and oxygen atoms in total. The first-order valence-corrected chi connectivity index (χ1v) is 9.58. The van der Waals surface area contributed by atoms with Gasteiger partial charge in [-0.2, -0.15) is 0 Å². The number of hydroxylamine groups is 1. The number of rotatable bonds is 6. The number of hydrogen-bond donors (Lipinski definition) is 3. The molecule has 2 amide bonds. The lowest BCUT2D eigenvalue weighted by molar-refractivity contribution is -0.138. The van der Waals surface area contributed by atoms with Gasteiger partial charge in [0.15, 0.2) is 0 Å². The number of benzene rings is 2. The maximum absolute atomic E-state index is 12.0.